The highest BCUT2D eigenvalue weighted by Gasteiger charge is 2.35. The maximum absolute atomic E-state index is 13.9. The van der Waals surface area contributed by atoms with E-state index >= 15 is 0 Å². The molecule has 2 aromatic carbocycles. The summed E-state index contributed by atoms with van der Waals surface area (Å²) in [5.74, 6) is -0.650. The van der Waals surface area contributed by atoms with Gasteiger partial charge in [0, 0.05) is 24.0 Å². The number of aromatic nitrogens is 2. The van der Waals surface area contributed by atoms with Crippen LogP contribution in [0.1, 0.15) is 22.9 Å². The number of aromatic amines is 1. The Morgan fingerprint density at radius 3 is 2.87 bits per heavy atom. The molecule has 1 amide bonds. The summed E-state index contributed by atoms with van der Waals surface area (Å²) in [6.07, 6.45) is 1.65. The zero-order chi connectivity index (χ0) is 16.0. The second-order valence-electron chi connectivity index (χ2n) is 5.77. The fraction of sp³-hybridized carbons (Fsp3) is 0.176. The molecule has 0 bridgehead atoms. The Kier molecular flexibility index (Phi) is 3.12. The standard InChI is InChI=1S/C17H15FN4O/c18-14-6-5-10(11-3-1-2-4-12(11)14)8-22-9-15-13(7-20-21-15)16(22)17(19)23/h1-7,16H,8-9H2,(H2,19,23)(H,20,21). The Balaban J connectivity index is 1.73. The van der Waals surface area contributed by atoms with Gasteiger partial charge in [-0.2, -0.15) is 5.10 Å². The number of primary amides is 1. The van der Waals surface area contributed by atoms with E-state index in [9.17, 15) is 9.18 Å². The summed E-state index contributed by atoms with van der Waals surface area (Å²) in [4.78, 5) is 13.8. The summed E-state index contributed by atoms with van der Waals surface area (Å²) in [5, 5.41) is 8.31. The van der Waals surface area contributed by atoms with Crippen LogP contribution in [0, 0.1) is 5.82 Å². The number of amides is 1. The normalized spacial score (nSPS) is 17.5. The molecule has 1 aliphatic rings. The number of nitrogens with zero attached hydrogens (tertiary/aromatic N) is 2. The molecule has 0 fully saturated rings. The Labute approximate surface area is 131 Å². The van der Waals surface area contributed by atoms with Crippen LogP contribution in [0.15, 0.2) is 42.6 Å². The van der Waals surface area contributed by atoms with E-state index in [2.05, 4.69) is 10.2 Å². The number of rotatable bonds is 3. The summed E-state index contributed by atoms with van der Waals surface area (Å²) >= 11 is 0. The molecule has 4 rings (SSSR count). The van der Waals surface area contributed by atoms with Crippen molar-refractivity contribution in [1.82, 2.24) is 15.1 Å². The van der Waals surface area contributed by atoms with Gasteiger partial charge >= 0.3 is 0 Å². The van der Waals surface area contributed by atoms with Gasteiger partial charge in [-0.1, -0.05) is 30.3 Å². The highest BCUT2D eigenvalue weighted by Crippen LogP contribution is 2.34. The lowest BCUT2D eigenvalue weighted by Gasteiger charge is -2.23. The van der Waals surface area contributed by atoms with E-state index in [1.54, 1.807) is 18.3 Å². The second kappa shape index (κ2) is 5.17. The van der Waals surface area contributed by atoms with E-state index in [1.165, 1.54) is 6.07 Å². The molecule has 23 heavy (non-hydrogen) atoms. The molecule has 1 aliphatic heterocycles. The van der Waals surface area contributed by atoms with Crippen LogP contribution in [0.3, 0.4) is 0 Å². The summed E-state index contributed by atoms with van der Waals surface area (Å²) in [5.41, 5.74) is 8.26. The van der Waals surface area contributed by atoms with Crippen molar-refractivity contribution in [3.05, 3.63) is 65.2 Å². The first-order chi connectivity index (χ1) is 11.1. The Bertz CT molecular complexity index is 904. The van der Waals surface area contributed by atoms with Gasteiger partial charge in [-0.25, -0.2) is 4.39 Å². The number of fused-ring (bicyclic) bond motifs is 2. The molecular formula is C17H15FN4O. The van der Waals surface area contributed by atoms with Gasteiger partial charge in [0.05, 0.1) is 11.9 Å². The van der Waals surface area contributed by atoms with E-state index in [1.807, 2.05) is 23.1 Å². The fourth-order valence-electron chi connectivity index (χ4n) is 3.34. The van der Waals surface area contributed by atoms with Gasteiger partial charge < -0.3 is 5.73 Å². The molecule has 0 saturated heterocycles. The van der Waals surface area contributed by atoms with E-state index in [0.29, 0.717) is 18.5 Å². The summed E-state index contributed by atoms with van der Waals surface area (Å²) in [6, 6.07) is 10.1. The molecule has 0 aliphatic carbocycles. The van der Waals surface area contributed by atoms with E-state index in [0.717, 1.165) is 22.2 Å². The zero-order valence-electron chi connectivity index (χ0n) is 12.3. The van der Waals surface area contributed by atoms with Crippen molar-refractivity contribution in [3.8, 4) is 0 Å². The molecule has 116 valence electrons. The number of carbonyl (C=O) groups is 1. The third-order valence-corrected chi connectivity index (χ3v) is 4.38. The largest absolute Gasteiger partial charge is 0.368 e. The molecule has 0 radical (unpaired) electrons. The van der Waals surface area contributed by atoms with Crippen molar-refractivity contribution < 1.29 is 9.18 Å². The van der Waals surface area contributed by atoms with E-state index in [-0.39, 0.29) is 5.82 Å². The maximum Gasteiger partial charge on any atom is 0.239 e. The Morgan fingerprint density at radius 1 is 1.30 bits per heavy atom. The number of nitrogens with two attached hydrogens (primary N) is 1. The third kappa shape index (κ3) is 2.19. The molecule has 0 spiro atoms. The van der Waals surface area contributed by atoms with Crippen molar-refractivity contribution in [1.29, 1.82) is 0 Å². The minimum Gasteiger partial charge on any atom is -0.368 e. The summed E-state index contributed by atoms with van der Waals surface area (Å²) < 4.78 is 13.9. The van der Waals surface area contributed by atoms with Crippen molar-refractivity contribution in [2.45, 2.75) is 19.1 Å². The average molecular weight is 310 g/mol. The van der Waals surface area contributed by atoms with Gasteiger partial charge in [-0.05, 0) is 17.0 Å². The van der Waals surface area contributed by atoms with Crippen LogP contribution in [0.25, 0.3) is 10.8 Å². The maximum atomic E-state index is 13.9. The fourth-order valence-corrected chi connectivity index (χ4v) is 3.34. The Morgan fingerprint density at radius 2 is 2.09 bits per heavy atom. The molecule has 1 unspecified atom stereocenters. The van der Waals surface area contributed by atoms with Gasteiger partial charge in [0.25, 0.3) is 0 Å². The molecule has 3 N–H and O–H groups in total. The highest BCUT2D eigenvalue weighted by atomic mass is 19.1. The second-order valence-corrected chi connectivity index (χ2v) is 5.77. The molecule has 6 heteroatoms. The third-order valence-electron chi connectivity index (χ3n) is 4.38. The first kappa shape index (κ1) is 13.9. The van der Waals surface area contributed by atoms with Crippen molar-refractivity contribution >= 4 is 16.7 Å². The van der Waals surface area contributed by atoms with Crippen LogP contribution < -0.4 is 5.73 Å². The van der Waals surface area contributed by atoms with Crippen LogP contribution in [0.2, 0.25) is 0 Å². The molecular weight excluding hydrogens is 295 g/mol. The van der Waals surface area contributed by atoms with Crippen LogP contribution >= 0.6 is 0 Å². The van der Waals surface area contributed by atoms with Gasteiger partial charge in [-0.15, -0.1) is 0 Å². The predicted molar refractivity (Wildman–Crippen MR) is 83.7 cm³/mol. The van der Waals surface area contributed by atoms with Crippen molar-refractivity contribution in [3.63, 3.8) is 0 Å². The number of H-pyrrole nitrogens is 1. The number of carbonyl (C=O) groups excluding carboxylic acids is 1. The summed E-state index contributed by atoms with van der Waals surface area (Å²) in [7, 11) is 0. The van der Waals surface area contributed by atoms with E-state index < -0.39 is 11.9 Å². The van der Waals surface area contributed by atoms with Crippen LogP contribution in [0.5, 0.6) is 0 Å². The van der Waals surface area contributed by atoms with Gasteiger partial charge in [-0.3, -0.25) is 14.8 Å². The minimum atomic E-state index is -0.507. The monoisotopic (exact) mass is 310 g/mol. The van der Waals surface area contributed by atoms with Crippen LogP contribution in [-0.2, 0) is 17.9 Å². The number of nitrogens with one attached hydrogen (secondary N) is 1. The van der Waals surface area contributed by atoms with Crippen molar-refractivity contribution in [2.75, 3.05) is 0 Å². The molecule has 0 saturated carbocycles. The topological polar surface area (TPSA) is 75.0 Å². The highest BCUT2D eigenvalue weighted by molar-refractivity contribution is 5.86. The number of benzene rings is 2. The minimum absolute atomic E-state index is 0.244. The number of halogens is 1. The predicted octanol–water partition coefficient (Wildman–Crippen LogP) is 2.24. The first-order valence-corrected chi connectivity index (χ1v) is 7.37. The average Bonchev–Trinajstić information content (AvgIpc) is 3.10. The molecule has 2 heterocycles. The molecule has 1 atom stereocenters. The van der Waals surface area contributed by atoms with Gasteiger partial charge in [0.15, 0.2) is 0 Å². The van der Waals surface area contributed by atoms with Crippen LogP contribution in [-0.4, -0.2) is 21.0 Å². The smallest absolute Gasteiger partial charge is 0.239 e. The number of hydrogen-bond donors (Lipinski definition) is 2. The van der Waals surface area contributed by atoms with Crippen molar-refractivity contribution in [2.24, 2.45) is 5.73 Å². The van der Waals surface area contributed by atoms with E-state index in [4.69, 9.17) is 5.73 Å². The lowest BCUT2D eigenvalue weighted by Crippen LogP contribution is -2.32. The quantitative estimate of drug-likeness (QED) is 0.779. The lowest BCUT2D eigenvalue weighted by molar-refractivity contribution is -0.123. The van der Waals surface area contributed by atoms with Gasteiger partial charge in [0.1, 0.15) is 11.9 Å². The lowest BCUT2D eigenvalue weighted by atomic mass is 10.0. The summed E-state index contributed by atoms with van der Waals surface area (Å²) in [6.45, 7) is 1.07. The first-order valence-electron chi connectivity index (χ1n) is 7.37. The SMILES string of the molecule is NC(=O)C1c2cn[nH]c2CN1Cc1ccc(F)c2ccccc12. The molecule has 5 nitrogen and oxygen atoms in total. The van der Waals surface area contributed by atoms with Gasteiger partial charge in [0.2, 0.25) is 5.91 Å². The zero-order valence-corrected chi connectivity index (χ0v) is 12.3. The molecule has 3 aromatic rings. The molecule has 1 aromatic heterocycles. The number of hydrogen-bond acceptors (Lipinski definition) is 3. The van der Waals surface area contributed by atoms with Crippen LogP contribution in [0.4, 0.5) is 4.39 Å². The Hall–Kier alpha value is -2.73.